The van der Waals surface area contributed by atoms with Gasteiger partial charge in [-0.3, -0.25) is 19.2 Å². The van der Waals surface area contributed by atoms with Crippen molar-refractivity contribution in [3.8, 4) is 0 Å². The van der Waals surface area contributed by atoms with Crippen molar-refractivity contribution in [3.05, 3.63) is 24.0 Å². The van der Waals surface area contributed by atoms with Crippen molar-refractivity contribution in [1.82, 2.24) is 4.90 Å². The van der Waals surface area contributed by atoms with Crippen molar-refractivity contribution in [2.45, 2.75) is 90.3 Å². The van der Waals surface area contributed by atoms with Gasteiger partial charge in [-0.15, -0.1) is 0 Å². The van der Waals surface area contributed by atoms with Crippen molar-refractivity contribution in [1.29, 1.82) is 0 Å². The van der Waals surface area contributed by atoms with Crippen molar-refractivity contribution in [2.24, 2.45) is 5.73 Å². The maximum atomic E-state index is 12.4. The molecule has 2 rings (SSSR count). The standard InChI is InChI=1S/C23H34N2O8/c1-4-8-17(26)30-14-16-20(32-18(27)9-5-2)21(33-19(28)10-6-3)23(31-16)25-12-7-11-15(13-25)22(24)29/h7,12-13,16,20-21,23H,4-6,8-11,14H2,1-3H3,(H2,24,29)/t16?,20?,21-,23-/m1/s1. The Morgan fingerprint density at radius 2 is 1.55 bits per heavy atom. The average Bonchev–Trinajstić information content (AvgIpc) is 3.09. The zero-order valence-corrected chi connectivity index (χ0v) is 19.5. The van der Waals surface area contributed by atoms with Crippen LogP contribution in [-0.4, -0.2) is 59.9 Å². The molecule has 1 amide bonds. The molecule has 2 N–H and O–H groups in total. The second-order valence-corrected chi connectivity index (χ2v) is 7.96. The fraction of sp³-hybridized carbons (Fsp3) is 0.652. The van der Waals surface area contributed by atoms with E-state index in [4.69, 9.17) is 24.7 Å². The predicted octanol–water partition coefficient (Wildman–Crippen LogP) is 2.07. The monoisotopic (exact) mass is 466 g/mol. The highest BCUT2D eigenvalue weighted by Gasteiger charge is 2.52. The fourth-order valence-electron chi connectivity index (χ4n) is 3.53. The van der Waals surface area contributed by atoms with Gasteiger partial charge in [0.05, 0.1) is 0 Å². The highest BCUT2D eigenvalue weighted by molar-refractivity contribution is 5.92. The van der Waals surface area contributed by atoms with Gasteiger partial charge in [-0.05, 0) is 25.7 Å². The molecule has 0 aromatic heterocycles. The molecule has 4 atom stereocenters. The van der Waals surface area contributed by atoms with Crippen molar-refractivity contribution < 1.29 is 38.1 Å². The molecule has 0 bridgehead atoms. The second kappa shape index (κ2) is 13.0. The van der Waals surface area contributed by atoms with Crippen LogP contribution in [0.2, 0.25) is 0 Å². The summed E-state index contributed by atoms with van der Waals surface area (Å²) >= 11 is 0. The number of carbonyl (C=O) groups is 4. The summed E-state index contributed by atoms with van der Waals surface area (Å²) in [6, 6.07) is 0. The smallest absolute Gasteiger partial charge is 0.306 e. The number of primary amides is 1. The summed E-state index contributed by atoms with van der Waals surface area (Å²) < 4.78 is 22.7. The minimum absolute atomic E-state index is 0.174. The first-order valence-corrected chi connectivity index (χ1v) is 11.4. The minimum Gasteiger partial charge on any atom is -0.463 e. The third-order valence-electron chi connectivity index (χ3n) is 5.12. The topological polar surface area (TPSA) is 134 Å². The number of amides is 1. The summed E-state index contributed by atoms with van der Waals surface area (Å²) in [5, 5.41) is 0. The van der Waals surface area contributed by atoms with Crippen molar-refractivity contribution in [3.63, 3.8) is 0 Å². The SMILES string of the molecule is CCCC(=O)OCC1O[C@@H](N2C=CCC(C(N)=O)=C2)[C@H](OC(=O)CCC)C1OC(=O)CCC. The Kier molecular flexibility index (Phi) is 10.4. The van der Waals surface area contributed by atoms with Crippen LogP contribution in [0.4, 0.5) is 0 Å². The summed E-state index contributed by atoms with van der Waals surface area (Å²) in [7, 11) is 0. The Bertz CT molecular complexity index is 778. The molecule has 2 unspecified atom stereocenters. The molecular weight excluding hydrogens is 432 g/mol. The van der Waals surface area contributed by atoms with Gasteiger partial charge in [0, 0.05) is 37.2 Å². The predicted molar refractivity (Wildman–Crippen MR) is 117 cm³/mol. The summed E-state index contributed by atoms with van der Waals surface area (Å²) in [6.07, 6.45) is 3.85. The lowest BCUT2D eigenvalue weighted by molar-refractivity contribution is -0.169. The van der Waals surface area contributed by atoms with E-state index in [1.165, 1.54) is 6.20 Å². The van der Waals surface area contributed by atoms with Crippen LogP contribution < -0.4 is 5.73 Å². The quantitative estimate of drug-likeness (QED) is 0.339. The molecule has 2 aliphatic heterocycles. The number of allylic oxidation sites excluding steroid dienone is 1. The van der Waals surface area contributed by atoms with Crippen LogP contribution in [0.25, 0.3) is 0 Å². The number of hydrogen-bond donors (Lipinski definition) is 1. The highest BCUT2D eigenvalue weighted by Crippen LogP contribution is 2.32. The van der Waals surface area contributed by atoms with Crippen LogP contribution in [0.15, 0.2) is 24.0 Å². The number of nitrogens with zero attached hydrogens (tertiary/aromatic N) is 1. The lowest BCUT2D eigenvalue weighted by Gasteiger charge is -2.31. The molecule has 1 saturated heterocycles. The molecule has 0 radical (unpaired) electrons. The summed E-state index contributed by atoms with van der Waals surface area (Å²) in [5.74, 6) is -1.94. The molecule has 0 spiro atoms. The lowest BCUT2D eigenvalue weighted by atomic mass is 10.1. The average molecular weight is 467 g/mol. The van der Waals surface area contributed by atoms with Crippen LogP contribution in [-0.2, 0) is 38.1 Å². The maximum absolute atomic E-state index is 12.4. The summed E-state index contributed by atoms with van der Waals surface area (Å²) in [4.78, 5) is 49.9. The second-order valence-electron chi connectivity index (χ2n) is 7.96. The zero-order valence-electron chi connectivity index (χ0n) is 19.5. The molecule has 1 fully saturated rings. The summed E-state index contributed by atoms with van der Waals surface area (Å²) in [5.41, 5.74) is 5.77. The van der Waals surface area contributed by atoms with Gasteiger partial charge in [0.2, 0.25) is 5.91 Å². The van der Waals surface area contributed by atoms with Crippen LogP contribution in [0.5, 0.6) is 0 Å². The van der Waals surface area contributed by atoms with Crippen LogP contribution in [0, 0.1) is 0 Å². The van der Waals surface area contributed by atoms with Gasteiger partial charge in [-0.2, -0.15) is 0 Å². The van der Waals surface area contributed by atoms with Gasteiger partial charge in [0.1, 0.15) is 12.7 Å². The van der Waals surface area contributed by atoms with Crippen molar-refractivity contribution in [2.75, 3.05) is 6.61 Å². The molecule has 0 aromatic carbocycles. The minimum atomic E-state index is -1.01. The van der Waals surface area contributed by atoms with Gasteiger partial charge in [0.15, 0.2) is 18.4 Å². The third-order valence-corrected chi connectivity index (χ3v) is 5.12. The van der Waals surface area contributed by atoms with Gasteiger partial charge < -0.3 is 29.6 Å². The van der Waals surface area contributed by atoms with E-state index >= 15 is 0 Å². The molecular formula is C23H34N2O8. The normalized spacial score (nSPS) is 24.2. The van der Waals surface area contributed by atoms with Gasteiger partial charge in [0.25, 0.3) is 0 Å². The molecule has 10 nitrogen and oxygen atoms in total. The fourth-order valence-corrected chi connectivity index (χ4v) is 3.53. The van der Waals surface area contributed by atoms with Gasteiger partial charge in [-0.25, -0.2) is 0 Å². The van der Waals surface area contributed by atoms with Crippen molar-refractivity contribution >= 4 is 23.8 Å². The Morgan fingerprint density at radius 1 is 0.970 bits per heavy atom. The molecule has 2 heterocycles. The summed E-state index contributed by atoms with van der Waals surface area (Å²) in [6.45, 7) is 5.36. The Hall–Kier alpha value is -2.88. The first-order valence-electron chi connectivity index (χ1n) is 11.4. The largest absolute Gasteiger partial charge is 0.463 e. The van der Waals surface area contributed by atoms with Crippen LogP contribution >= 0.6 is 0 Å². The molecule has 33 heavy (non-hydrogen) atoms. The van der Waals surface area contributed by atoms with Crippen LogP contribution in [0.3, 0.4) is 0 Å². The van der Waals surface area contributed by atoms with Gasteiger partial charge in [-0.1, -0.05) is 26.8 Å². The molecule has 0 aliphatic carbocycles. The molecule has 0 saturated carbocycles. The molecule has 0 aromatic rings. The maximum Gasteiger partial charge on any atom is 0.306 e. The number of nitrogens with two attached hydrogens (primary N) is 1. The number of esters is 3. The lowest BCUT2D eigenvalue weighted by Crippen LogP contribution is -2.45. The molecule has 2 aliphatic rings. The third kappa shape index (κ3) is 7.59. The van der Waals surface area contributed by atoms with E-state index < -0.39 is 48.4 Å². The number of ether oxygens (including phenoxy) is 4. The Balaban J connectivity index is 2.33. The van der Waals surface area contributed by atoms with E-state index in [1.54, 1.807) is 17.2 Å². The first-order chi connectivity index (χ1) is 15.8. The number of carbonyl (C=O) groups excluding carboxylic acids is 4. The van der Waals surface area contributed by atoms with E-state index in [2.05, 4.69) is 0 Å². The first kappa shape index (κ1) is 26.4. The Morgan fingerprint density at radius 3 is 2.12 bits per heavy atom. The van der Waals surface area contributed by atoms with E-state index in [1.807, 2.05) is 20.8 Å². The molecule has 184 valence electrons. The van der Waals surface area contributed by atoms with E-state index in [-0.39, 0.29) is 25.9 Å². The Labute approximate surface area is 194 Å². The van der Waals surface area contributed by atoms with Gasteiger partial charge >= 0.3 is 17.9 Å². The number of rotatable bonds is 12. The molecule has 10 heteroatoms. The van der Waals surface area contributed by atoms with Crippen LogP contribution in [0.1, 0.15) is 65.7 Å². The van der Waals surface area contributed by atoms with E-state index in [0.717, 1.165) is 0 Å². The highest BCUT2D eigenvalue weighted by atomic mass is 16.7. The van der Waals surface area contributed by atoms with E-state index in [9.17, 15) is 19.2 Å². The van der Waals surface area contributed by atoms with E-state index in [0.29, 0.717) is 31.3 Å². The zero-order chi connectivity index (χ0) is 24.4. The number of hydrogen-bond acceptors (Lipinski definition) is 9.